The van der Waals surface area contributed by atoms with Crippen molar-refractivity contribution in [3.8, 4) is 0 Å². The fraction of sp³-hybridized carbons (Fsp3) is 0.400. The molecule has 1 N–H and O–H groups in total. The largest absolute Gasteiger partial charge is 0.358 e. The summed E-state index contributed by atoms with van der Waals surface area (Å²) in [6.45, 7) is 6.97. The van der Waals surface area contributed by atoms with Gasteiger partial charge in [0.05, 0.1) is 6.04 Å². The normalized spacial score (nSPS) is 29.0. The molecule has 1 atom stereocenters. The van der Waals surface area contributed by atoms with Crippen LogP contribution in [0.1, 0.15) is 44.9 Å². The van der Waals surface area contributed by atoms with E-state index in [1.807, 2.05) is 0 Å². The highest BCUT2D eigenvalue weighted by Crippen LogP contribution is 2.36. The van der Waals surface area contributed by atoms with Gasteiger partial charge in [0.1, 0.15) is 0 Å². The van der Waals surface area contributed by atoms with Crippen LogP contribution in [0.4, 0.5) is 0 Å². The lowest BCUT2D eigenvalue weighted by Gasteiger charge is -2.37. The van der Waals surface area contributed by atoms with Gasteiger partial charge in [-0.3, -0.25) is 0 Å². The molecule has 3 aliphatic carbocycles. The Morgan fingerprint density at radius 1 is 0.970 bits per heavy atom. The van der Waals surface area contributed by atoms with E-state index < -0.39 is 0 Å². The van der Waals surface area contributed by atoms with Gasteiger partial charge in [-0.05, 0) is 112 Å². The van der Waals surface area contributed by atoms with Crippen molar-refractivity contribution in [1.29, 1.82) is 0 Å². The van der Waals surface area contributed by atoms with Crippen LogP contribution in [0.5, 0.6) is 0 Å². The quantitative estimate of drug-likeness (QED) is 0.556. The maximum atomic E-state index is 4.56. The van der Waals surface area contributed by atoms with Crippen LogP contribution in [0.3, 0.4) is 0 Å². The van der Waals surface area contributed by atoms with Gasteiger partial charge in [-0.15, -0.1) is 0 Å². The highest BCUT2D eigenvalue weighted by molar-refractivity contribution is 5.53. The molecule has 172 valence electrons. The summed E-state index contributed by atoms with van der Waals surface area (Å²) in [5, 5.41) is 3.67. The molecule has 1 unspecified atom stereocenters. The van der Waals surface area contributed by atoms with E-state index in [0.29, 0.717) is 12.0 Å². The summed E-state index contributed by atoms with van der Waals surface area (Å²) < 4.78 is 0. The van der Waals surface area contributed by atoms with Crippen LogP contribution < -0.4 is 5.32 Å². The summed E-state index contributed by atoms with van der Waals surface area (Å²) >= 11 is 0. The molecule has 1 fully saturated rings. The monoisotopic (exact) mass is 439 g/mol. The van der Waals surface area contributed by atoms with Gasteiger partial charge in [-0.25, -0.2) is 0 Å². The van der Waals surface area contributed by atoms with Gasteiger partial charge in [-0.1, -0.05) is 43.0 Å². The second kappa shape index (κ2) is 10.0. The molecular formula is C30H37N3. The Kier molecular flexibility index (Phi) is 6.68. The lowest BCUT2D eigenvalue weighted by molar-refractivity contribution is 0.238. The van der Waals surface area contributed by atoms with Gasteiger partial charge in [0.15, 0.2) is 0 Å². The van der Waals surface area contributed by atoms with Gasteiger partial charge in [0.2, 0.25) is 0 Å². The van der Waals surface area contributed by atoms with Crippen molar-refractivity contribution in [3.63, 3.8) is 0 Å². The molecule has 0 bridgehead atoms. The van der Waals surface area contributed by atoms with E-state index >= 15 is 0 Å². The Morgan fingerprint density at radius 2 is 1.82 bits per heavy atom. The molecule has 0 spiro atoms. The predicted octanol–water partition coefficient (Wildman–Crippen LogP) is 6.28. The van der Waals surface area contributed by atoms with Crippen molar-refractivity contribution in [1.82, 2.24) is 15.1 Å². The summed E-state index contributed by atoms with van der Waals surface area (Å²) in [4.78, 5) is 4.94. The third-order valence-electron chi connectivity index (χ3n) is 7.55. The third-order valence-corrected chi connectivity index (χ3v) is 7.55. The van der Waals surface area contributed by atoms with Crippen LogP contribution >= 0.6 is 0 Å². The number of allylic oxidation sites excluding steroid dienone is 11. The number of hydrogen-bond acceptors (Lipinski definition) is 3. The van der Waals surface area contributed by atoms with Crippen LogP contribution in [0.2, 0.25) is 0 Å². The van der Waals surface area contributed by atoms with E-state index in [0.717, 1.165) is 43.4 Å². The molecule has 5 aliphatic rings. The van der Waals surface area contributed by atoms with Gasteiger partial charge in [-0.2, -0.15) is 0 Å². The lowest BCUT2D eigenvalue weighted by Crippen LogP contribution is -2.34. The van der Waals surface area contributed by atoms with Crippen LogP contribution in [-0.4, -0.2) is 36.0 Å². The van der Waals surface area contributed by atoms with Gasteiger partial charge >= 0.3 is 0 Å². The summed E-state index contributed by atoms with van der Waals surface area (Å²) in [5.74, 6) is 0.692. The smallest absolute Gasteiger partial charge is 0.0556 e. The first-order valence-corrected chi connectivity index (χ1v) is 12.6. The summed E-state index contributed by atoms with van der Waals surface area (Å²) in [6, 6.07) is 0.357. The van der Waals surface area contributed by atoms with E-state index in [2.05, 4.69) is 95.7 Å². The molecule has 3 heteroatoms. The number of piperidine rings is 1. The zero-order valence-corrected chi connectivity index (χ0v) is 20.0. The fourth-order valence-electron chi connectivity index (χ4n) is 5.56. The number of rotatable bonds is 4. The molecule has 2 aliphatic heterocycles. The molecule has 33 heavy (non-hydrogen) atoms. The van der Waals surface area contributed by atoms with Gasteiger partial charge in [0.25, 0.3) is 0 Å². The highest BCUT2D eigenvalue weighted by Gasteiger charge is 2.27. The van der Waals surface area contributed by atoms with Crippen LogP contribution in [0.15, 0.2) is 107 Å². The number of hydrogen-bond donors (Lipinski definition) is 1. The molecule has 2 heterocycles. The van der Waals surface area contributed by atoms with Crippen LogP contribution in [-0.2, 0) is 0 Å². The van der Waals surface area contributed by atoms with Crippen LogP contribution in [0, 0.1) is 5.92 Å². The van der Waals surface area contributed by atoms with Gasteiger partial charge in [0, 0.05) is 23.3 Å². The molecule has 0 aromatic heterocycles. The SMILES string of the molecule is C=C1C2=C(C=CCC2)N(C2C=C(C3CCN(C)CC3)C=CC2)/C=C\C=C/1NC1=CC=CCC1. The predicted molar refractivity (Wildman–Crippen MR) is 139 cm³/mol. The summed E-state index contributed by atoms with van der Waals surface area (Å²) in [7, 11) is 2.24. The van der Waals surface area contributed by atoms with Crippen molar-refractivity contribution in [2.45, 2.75) is 51.0 Å². The van der Waals surface area contributed by atoms with Crippen molar-refractivity contribution in [3.05, 3.63) is 107 Å². The molecule has 3 nitrogen and oxygen atoms in total. The first kappa shape index (κ1) is 22.0. The first-order chi connectivity index (χ1) is 16.2. The second-order valence-corrected chi connectivity index (χ2v) is 9.85. The van der Waals surface area contributed by atoms with E-state index in [9.17, 15) is 0 Å². The fourth-order valence-corrected chi connectivity index (χ4v) is 5.56. The number of nitrogens with one attached hydrogen (secondary N) is 1. The van der Waals surface area contributed by atoms with Gasteiger partial charge < -0.3 is 15.1 Å². The Labute approximate surface area is 199 Å². The van der Waals surface area contributed by atoms with E-state index in [1.165, 1.54) is 48.5 Å². The topological polar surface area (TPSA) is 18.5 Å². The minimum absolute atomic E-state index is 0.357. The Balaban J connectivity index is 1.43. The maximum absolute atomic E-state index is 4.56. The molecule has 0 aromatic carbocycles. The maximum Gasteiger partial charge on any atom is 0.0556 e. The standard InChI is InChI=1S/C30H37N3/c1-23-28-14-6-7-16-30(28)33(19-9-15-29(23)31-26-11-4-3-5-12-26)27-13-8-10-25(22-27)24-17-20-32(2)21-18-24/h3-4,7-11,15-16,19,22,24,27,31H,1,5-6,12-14,17-18,20-21H2,2H3/b19-9-,29-15+. The molecule has 0 radical (unpaired) electrons. The van der Waals surface area contributed by atoms with Crippen molar-refractivity contribution in [2.75, 3.05) is 20.1 Å². The molecule has 5 rings (SSSR count). The number of nitrogens with zero attached hydrogens (tertiary/aromatic N) is 2. The lowest BCUT2D eigenvalue weighted by atomic mass is 9.84. The Morgan fingerprint density at radius 3 is 2.64 bits per heavy atom. The number of likely N-dealkylation sites (tertiary alicyclic amines) is 1. The Bertz CT molecular complexity index is 1020. The summed E-state index contributed by atoms with van der Waals surface area (Å²) in [6.07, 6.45) is 33.1. The van der Waals surface area contributed by atoms with E-state index in [-0.39, 0.29) is 0 Å². The molecule has 0 saturated carbocycles. The average Bonchev–Trinajstić information content (AvgIpc) is 2.86. The minimum Gasteiger partial charge on any atom is -0.358 e. The second-order valence-electron chi connectivity index (χ2n) is 9.85. The van der Waals surface area contributed by atoms with Crippen molar-refractivity contribution in [2.24, 2.45) is 5.92 Å². The van der Waals surface area contributed by atoms with E-state index in [4.69, 9.17) is 0 Å². The zero-order valence-electron chi connectivity index (χ0n) is 20.0. The van der Waals surface area contributed by atoms with Crippen molar-refractivity contribution < 1.29 is 0 Å². The zero-order chi connectivity index (χ0) is 22.6. The highest BCUT2D eigenvalue weighted by atomic mass is 15.2. The van der Waals surface area contributed by atoms with Crippen molar-refractivity contribution >= 4 is 0 Å². The molecule has 1 saturated heterocycles. The Hall–Kier alpha value is -2.78. The molecule has 0 aromatic rings. The molecular weight excluding hydrogens is 402 g/mol. The third kappa shape index (κ3) is 4.94. The summed E-state index contributed by atoms with van der Waals surface area (Å²) in [5.41, 5.74) is 7.74. The minimum atomic E-state index is 0.357. The van der Waals surface area contributed by atoms with E-state index in [1.54, 1.807) is 0 Å². The first-order valence-electron chi connectivity index (χ1n) is 12.6. The average molecular weight is 440 g/mol. The molecule has 0 amide bonds. The van der Waals surface area contributed by atoms with Crippen LogP contribution in [0.25, 0.3) is 0 Å².